The molecule has 1 unspecified atom stereocenters. The van der Waals surface area contributed by atoms with Gasteiger partial charge in [-0.05, 0) is 54.4 Å². The van der Waals surface area contributed by atoms with E-state index in [1.807, 2.05) is 0 Å². The molecular formula is C14H21BrN2O. The fourth-order valence-electron chi connectivity index (χ4n) is 2.40. The minimum absolute atomic E-state index is 0.0451. The van der Waals surface area contributed by atoms with Crippen LogP contribution in [-0.4, -0.2) is 36.4 Å². The van der Waals surface area contributed by atoms with Gasteiger partial charge in [0.25, 0.3) is 0 Å². The van der Waals surface area contributed by atoms with Crippen LogP contribution >= 0.6 is 15.9 Å². The number of piperazine rings is 1. The number of anilines is 1. The number of halogens is 1. The zero-order valence-corrected chi connectivity index (χ0v) is 12.8. The molecule has 1 fully saturated rings. The minimum Gasteiger partial charge on any atom is -0.395 e. The van der Waals surface area contributed by atoms with Crippen LogP contribution in [0.3, 0.4) is 0 Å². The molecule has 1 aliphatic heterocycles. The monoisotopic (exact) mass is 312 g/mol. The van der Waals surface area contributed by atoms with Crippen molar-refractivity contribution in [3.05, 3.63) is 28.2 Å². The number of aliphatic hydroxyl groups is 1. The van der Waals surface area contributed by atoms with Crippen LogP contribution in [-0.2, 0) is 0 Å². The van der Waals surface area contributed by atoms with Crippen LogP contribution < -0.4 is 10.2 Å². The van der Waals surface area contributed by atoms with Gasteiger partial charge in [-0.15, -0.1) is 0 Å². The molecule has 1 aromatic carbocycles. The summed E-state index contributed by atoms with van der Waals surface area (Å²) in [5.41, 5.74) is 2.49. The molecule has 2 N–H and O–H groups in total. The van der Waals surface area contributed by atoms with E-state index in [4.69, 9.17) is 0 Å². The van der Waals surface area contributed by atoms with Crippen molar-refractivity contribution in [2.75, 3.05) is 24.6 Å². The number of aliphatic hydroxyl groups excluding tert-OH is 1. The van der Waals surface area contributed by atoms with Gasteiger partial charge in [0, 0.05) is 29.1 Å². The number of nitrogens with zero attached hydrogens (tertiary/aromatic N) is 1. The SMILES string of the molecule is Cc1ccc(N2CC(CO)NCC2(C)C)c(Br)c1. The van der Waals surface area contributed by atoms with Crippen LogP contribution in [0.4, 0.5) is 5.69 Å². The lowest BCUT2D eigenvalue weighted by Gasteiger charge is -2.47. The Labute approximate surface area is 117 Å². The van der Waals surface area contributed by atoms with Crippen molar-refractivity contribution in [2.24, 2.45) is 0 Å². The summed E-state index contributed by atoms with van der Waals surface area (Å²) in [4.78, 5) is 2.37. The van der Waals surface area contributed by atoms with E-state index in [2.05, 4.69) is 65.1 Å². The predicted molar refractivity (Wildman–Crippen MR) is 79.2 cm³/mol. The van der Waals surface area contributed by atoms with Gasteiger partial charge in [0.1, 0.15) is 0 Å². The molecule has 1 heterocycles. The molecular weight excluding hydrogens is 292 g/mol. The van der Waals surface area contributed by atoms with E-state index >= 15 is 0 Å². The maximum atomic E-state index is 9.34. The molecule has 0 spiro atoms. The molecule has 0 radical (unpaired) electrons. The minimum atomic E-state index is 0.0451. The van der Waals surface area contributed by atoms with Crippen LogP contribution in [0, 0.1) is 6.92 Å². The maximum absolute atomic E-state index is 9.34. The molecule has 18 heavy (non-hydrogen) atoms. The molecule has 0 bridgehead atoms. The molecule has 3 nitrogen and oxygen atoms in total. The zero-order chi connectivity index (χ0) is 13.3. The first-order valence-electron chi connectivity index (χ1n) is 6.32. The van der Waals surface area contributed by atoms with Crippen molar-refractivity contribution in [1.29, 1.82) is 0 Å². The van der Waals surface area contributed by atoms with Gasteiger partial charge in [-0.25, -0.2) is 0 Å². The molecule has 0 amide bonds. The summed E-state index contributed by atoms with van der Waals surface area (Å²) in [5, 5.41) is 12.7. The van der Waals surface area contributed by atoms with Crippen LogP contribution in [0.25, 0.3) is 0 Å². The lowest BCUT2D eigenvalue weighted by Crippen LogP contribution is -2.63. The Morgan fingerprint density at radius 2 is 2.22 bits per heavy atom. The van der Waals surface area contributed by atoms with Gasteiger partial charge >= 0.3 is 0 Å². The molecule has 0 aliphatic carbocycles. The van der Waals surface area contributed by atoms with E-state index in [-0.39, 0.29) is 18.2 Å². The van der Waals surface area contributed by atoms with Gasteiger partial charge in [0.15, 0.2) is 0 Å². The fraction of sp³-hybridized carbons (Fsp3) is 0.571. The van der Waals surface area contributed by atoms with Crippen molar-refractivity contribution in [2.45, 2.75) is 32.4 Å². The summed E-state index contributed by atoms with van der Waals surface area (Å²) >= 11 is 3.65. The first kappa shape index (κ1) is 13.8. The van der Waals surface area contributed by atoms with Crippen molar-refractivity contribution < 1.29 is 5.11 Å². The van der Waals surface area contributed by atoms with Crippen LogP contribution in [0.1, 0.15) is 19.4 Å². The Morgan fingerprint density at radius 1 is 1.50 bits per heavy atom. The smallest absolute Gasteiger partial charge is 0.0602 e. The van der Waals surface area contributed by atoms with Gasteiger partial charge in [0.2, 0.25) is 0 Å². The Morgan fingerprint density at radius 3 is 2.83 bits per heavy atom. The molecule has 1 aromatic rings. The van der Waals surface area contributed by atoms with E-state index in [9.17, 15) is 5.11 Å². The third-order valence-corrected chi connectivity index (χ3v) is 4.21. The molecule has 4 heteroatoms. The zero-order valence-electron chi connectivity index (χ0n) is 11.2. The third-order valence-electron chi connectivity index (χ3n) is 3.57. The summed E-state index contributed by atoms with van der Waals surface area (Å²) in [6.07, 6.45) is 0. The van der Waals surface area contributed by atoms with Crippen LogP contribution in [0.5, 0.6) is 0 Å². The Hall–Kier alpha value is -0.580. The molecule has 1 saturated heterocycles. The second-order valence-corrected chi connectivity index (χ2v) is 6.49. The first-order chi connectivity index (χ1) is 8.44. The lowest BCUT2D eigenvalue weighted by molar-refractivity contribution is 0.210. The summed E-state index contributed by atoms with van der Waals surface area (Å²) in [6.45, 7) is 8.41. The lowest BCUT2D eigenvalue weighted by atomic mass is 9.96. The van der Waals surface area contributed by atoms with E-state index < -0.39 is 0 Å². The topological polar surface area (TPSA) is 35.5 Å². The highest BCUT2D eigenvalue weighted by molar-refractivity contribution is 9.10. The Bertz CT molecular complexity index is 434. The summed E-state index contributed by atoms with van der Waals surface area (Å²) < 4.78 is 1.12. The molecule has 0 saturated carbocycles. The average molecular weight is 313 g/mol. The van der Waals surface area contributed by atoms with Crippen LogP contribution in [0.15, 0.2) is 22.7 Å². The Kier molecular flexibility index (Phi) is 3.99. The van der Waals surface area contributed by atoms with Gasteiger partial charge < -0.3 is 15.3 Å². The molecule has 1 aliphatic rings. The van der Waals surface area contributed by atoms with Crippen molar-refractivity contribution >= 4 is 21.6 Å². The van der Waals surface area contributed by atoms with E-state index in [1.165, 1.54) is 11.3 Å². The van der Waals surface area contributed by atoms with Gasteiger partial charge in [0.05, 0.1) is 12.3 Å². The number of aryl methyl sites for hydroxylation is 1. The van der Waals surface area contributed by atoms with E-state index in [1.54, 1.807) is 0 Å². The van der Waals surface area contributed by atoms with Crippen molar-refractivity contribution in [1.82, 2.24) is 5.32 Å². The first-order valence-corrected chi connectivity index (χ1v) is 7.11. The second-order valence-electron chi connectivity index (χ2n) is 5.64. The third kappa shape index (κ3) is 2.71. The number of nitrogens with one attached hydrogen (secondary N) is 1. The summed E-state index contributed by atoms with van der Waals surface area (Å²) in [7, 11) is 0. The van der Waals surface area contributed by atoms with Gasteiger partial charge in [-0.1, -0.05) is 6.07 Å². The maximum Gasteiger partial charge on any atom is 0.0602 e. The van der Waals surface area contributed by atoms with Crippen LogP contribution in [0.2, 0.25) is 0 Å². The largest absolute Gasteiger partial charge is 0.395 e. The molecule has 1 atom stereocenters. The summed E-state index contributed by atoms with van der Waals surface area (Å²) in [5.74, 6) is 0. The molecule has 100 valence electrons. The highest BCUT2D eigenvalue weighted by atomic mass is 79.9. The van der Waals surface area contributed by atoms with Gasteiger partial charge in [-0.2, -0.15) is 0 Å². The predicted octanol–water partition coefficient (Wildman–Crippen LogP) is 2.31. The quantitative estimate of drug-likeness (QED) is 0.879. The second kappa shape index (κ2) is 5.19. The van der Waals surface area contributed by atoms with Crippen molar-refractivity contribution in [3.8, 4) is 0 Å². The number of hydrogen-bond donors (Lipinski definition) is 2. The van der Waals surface area contributed by atoms with E-state index in [0.29, 0.717) is 0 Å². The highest BCUT2D eigenvalue weighted by Crippen LogP contribution is 2.33. The van der Waals surface area contributed by atoms with Gasteiger partial charge in [-0.3, -0.25) is 0 Å². The fourth-order valence-corrected chi connectivity index (χ4v) is 3.11. The number of hydrogen-bond acceptors (Lipinski definition) is 3. The normalized spacial score (nSPS) is 23.2. The highest BCUT2D eigenvalue weighted by Gasteiger charge is 2.34. The number of benzene rings is 1. The van der Waals surface area contributed by atoms with E-state index in [0.717, 1.165) is 17.6 Å². The summed E-state index contributed by atoms with van der Waals surface area (Å²) in [6, 6.07) is 6.57. The Balaban J connectivity index is 2.33. The number of rotatable bonds is 2. The molecule has 0 aromatic heterocycles. The molecule has 2 rings (SSSR count). The average Bonchev–Trinajstić information content (AvgIpc) is 2.30. The van der Waals surface area contributed by atoms with Crippen molar-refractivity contribution in [3.63, 3.8) is 0 Å². The standard InChI is InChI=1S/C14H21BrN2O/c1-10-4-5-13(12(15)6-10)17-7-11(8-18)16-9-14(17,2)3/h4-6,11,16,18H,7-9H2,1-3H3.